The van der Waals surface area contributed by atoms with Crippen LogP contribution in [0.3, 0.4) is 0 Å². The molecule has 0 aliphatic carbocycles. The first-order valence-electron chi connectivity index (χ1n) is 8.22. The van der Waals surface area contributed by atoms with Crippen LogP contribution >= 0.6 is 11.8 Å². The maximum atomic E-state index is 12.6. The number of nitrogens with one attached hydrogen (secondary N) is 1. The van der Waals surface area contributed by atoms with Crippen LogP contribution in [-0.4, -0.2) is 34.6 Å². The number of carbonyl (C=O) groups is 2. The fourth-order valence-electron chi connectivity index (χ4n) is 3.04. The molecule has 1 N–H and O–H groups in total. The summed E-state index contributed by atoms with van der Waals surface area (Å²) in [6.45, 7) is 5.56. The molecule has 0 bridgehead atoms. The summed E-state index contributed by atoms with van der Waals surface area (Å²) in [7, 11) is 1.33. The summed E-state index contributed by atoms with van der Waals surface area (Å²) >= 11 is 1.39. The van der Waals surface area contributed by atoms with Crippen LogP contribution in [0.25, 0.3) is 10.9 Å². The number of carbonyl (C=O) groups excluding carboxylic acids is 2. The van der Waals surface area contributed by atoms with Crippen LogP contribution in [0, 0.1) is 20.8 Å². The van der Waals surface area contributed by atoms with E-state index in [9.17, 15) is 9.59 Å². The molecule has 3 aromatic rings. The van der Waals surface area contributed by atoms with Crippen LogP contribution < -0.4 is 0 Å². The molecule has 0 saturated carbocycles. The summed E-state index contributed by atoms with van der Waals surface area (Å²) in [5, 5.41) is 1.92. The second-order valence-corrected chi connectivity index (χ2v) is 7.12. The molecule has 0 amide bonds. The Kier molecular flexibility index (Phi) is 5.13. The zero-order valence-electron chi connectivity index (χ0n) is 15.2. The number of para-hydroxylation sites is 1. The molecular formula is C20H20N2O3S. The first kappa shape index (κ1) is 18.2. The third-order valence-corrected chi connectivity index (χ3v) is 5.27. The van der Waals surface area contributed by atoms with E-state index in [1.54, 1.807) is 13.8 Å². The first-order chi connectivity index (χ1) is 12.4. The van der Waals surface area contributed by atoms with Gasteiger partial charge in [0.15, 0.2) is 5.78 Å². The first-order valence-corrected chi connectivity index (χ1v) is 9.20. The second kappa shape index (κ2) is 7.33. The molecule has 0 saturated heterocycles. The van der Waals surface area contributed by atoms with E-state index in [2.05, 4.69) is 9.97 Å². The number of esters is 1. The van der Waals surface area contributed by atoms with Gasteiger partial charge in [0.25, 0.3) is 0 Å². The predicted molar refractivity (Wildman–Crippen MR) is 103 cm³/mol. The number of methoxy groups -OCH3 is 1. The Morgan fingerprint density at radius 2 is 1.92 bits per heavy atom. The number of aromatic nitrogens is 2. The van der Waals surface area contributed by atoms with Crippen LogP contribution in [0.1, 0.15) is 37.7 Å². The predicted octanol–water partition coefficient (Wildman–Crippen LogP) is 4.25. The van der Waals surface area contributed by atoms with E-state index in [1.165, 1.54) is 18.9 Å². The Hall–Kier alpha value is -2.60. The van der Waals surface area contributed by atoms with Crippen LogP contribution in [-0.2, 0) is 4.74 Å². The summed E-state index contributed by atoms with van der Waals surface area (Å²) in [4.78, 5) is 32.1. The van der Waals surface area contributed by atoms with Crippen LogP contribution in [0.4, 0.5) is 0 Å². The van der Waals surface area contributed by atoms with Gasteiger partial charge in [0, 0.05) is 11.1 Å². The number of ether oxygens (including phenoxy) is 1. The largest absolute Gasteiger partial charge is 0.465 e. The van der Waals surface area contributed by atoms with Gasteiger partial charge in [0.1, 0.15) is 0 Å². The molecule has 0 spiro atoms. The summed E-state index contributed by atoms with van der Waals surface area (Å²) in [5.74, 6) is -0.264. The lowest BCUT2D eigenvalue weighted by Gasteiger charge is -2.06. The fourth-order valence-corrected chi connectivity index (χ4v) is 3.89. The van der Waals surface area contributed by atoms with Gasteiger partial charge in [-0.05, 0) is 44.0 Å². The lowest BCUT2D eigenvalue weighted by molar-refractivity contribution is 0.0599. The Bertz CT molecular complexity index is 1010. The van der Waals surface area contributed by atoms with Crippen LogP contribution in [0.15, 0.2) is 35.4 Å². The average Bonchev–Trinajstić information content (AvgIpc) is 2.93. The van der Waals surface area contributed by atoms with E-state index in [-0.39, 0.29) is 11.5 Å². The molecule has 6 heteroatoms. The monoisotopic (exact) mass is 368 g/mol. The third kappa shape index (κ3) is 3.37. The molecule has 1 aromatic carbocycles. The number of Topliss-reactive ketones (excluding diaryl/α,β-unsaturated/α-hetero) is 1. The fraction of sp³-hybridized carbons (Fsp3) is 0.250. The highest BCUT2D eigenvalue weighted by molar-refractivity contribution is 7.99. The van der Waals surface area contributed by atoms with Gasteiger partial charge in [0.05, 0.1) is 34.7 Å². The quantitative estimate of drug-likeness (QED) is 0.414. The van der Waals surface area contributed by atoms with Crippen LogP contribution in [0.2, 0.25) is 0 Å². The number of aryl methyl sites for hydroxylation is 2. The number of nitrogens with zero attached hydrogens (tertiary/aromatic N) is 1. The summed E-state index contributed by atoms with van der Waals surface area (Å²) in [5.41, 5.74) is 4.20. The molecule has 3 rings (SSSR count). The molecule has 2 aromatic heterocycles. The molecule has 5 nitrogen and oxygen atoms in total. The van der Waals surface area contributed by atoms with Crippen molar-refractivity contribution in [2.24, 2.45) is 0 Å². The van der Waals surface area contributed by atoms with Crippen molar-refractivity contribution in [2.45, 2.75) is 25.8 Å². The smallest absolute Gasteiger partial charge is 0.339 e. The average molecular weight is 368 g/mol. The molecule has 0 aliphatic rings. The van der Waals surface area contributed by atoms with Crippen molar-refractivity contribution >= 4 is 34.4 Å². The SMILES string of the molecule is COC(=O)c1c(C)[nH]c(C(=O)CSc2cc(C)c3ccccc3n2)c1C. The molecule has 26 heavy (non-hydrogen) atoms. The van der Waals surface area contributed by atoms with Gasteiger partial charge in [-0.15, -0.1) is 0 Å². The van der Waals surface area contributed by atoms with Gasteiger partial charge in [0.2, 0.25) is 0 Å². The highest BCUT2D eigenvalue weighted by atomic mass is 32.2. The number of benzene rings is 1. The van der Waals surface area contributed by atoms with Crippen molar-refractivity contribution in [3.05, 3.63) is 58.4 Å². The van der Waals surface area contributed by atoms with E-state index >= 15 is 0 Å². The van der Waals surface area contributed by atoms with Crippen molar-refractivity contribution in [1.29, 1.82) is 0 Å². The number of pyridine rings is 1. The highest BCUT2D eigenvalue weighted by Gasteiger charge is 2.22. The lowest BCUT2D eigenvalue weighted by atomic mass is 10.1. The number of H-pyrrole nitrogens is 1. The minimum atomic E-state index is -0.435. The molecule has 0 aliphatic heterocycles. The number of aromatic amines is 1. The van der Waals surface area contributed by atoms with Crippen LogP contribution in [0.5, 0.6) is 0 Å². The molecule has 0 atom stereocenters. The van der Waals surface area contributed by atoms with Gasteiger partial charge in [-0.2, -0.15) is 0 Å². The van der Waals surface area contributed by atoms with Gasteiger partial charge in [-0.25, -0.2) is 9.78 Å². The molecule has 2 heterocycles. The Morgan fingerprint density at radius 3 is 2.65 bits per heavy atom. The van der Waals surface area contributed by atoms with E-state index in [0.717, 1.165) is 21.5 Å². The van der Waals surface area contributed by atoms with Crippen molar-refractivity contribution in [3.8, 4) is 0 Å². The van der Waals surface area contributed by atoms with E-state index in [4.69, 9.17) is 4.74 Å². The van der Waals surface area contributed by atoms with Gasteiger partial charge >= 0.3 is 5.97 Å². The number of thioether (sulfide) groups is 1. The molecule has 0 unspecified atom stereocenters. The minimum Gasteiger partial charge on any atom is -0.465 e. The van der Waals surface area contributed by atoms with Crippen molar-refractivity contribution in [2.75, 3.05) is 12.9 Å². The molecule has 0 fully saturated rings. The zero-order chi connectivity index (χ0) is 18.8. The summed E-state index contributed by atoms with van der Waals surface area (Å²) in [6.07, 6.45) is 0. The third-order valence-electron chi connectivity index (χ3n) is 4.36. The second-order valence-electron chi connectivity index (χ2n) is 6.12. The van der Waals surface area contributed by atoms with Gasteiger partial charge in [-0.1, -0.05) is 30.0 Å². The van der Waals surface area contributed by atoms with E-state index in [1.807, 2.05) is 37.3 Å². The van der Waals surface area contributed by atoms with Gasteiger partial charge in [-0.3, -0.25) is 4.79 Å². The van der Waals surface area contributed by atoms with Crippen molar-refractivity contribution in [3.63, 3.8) is 0 Å². The van der Waals surface area contributed by atoms with Crippen molar-refractivity contribution < 1.29 is 14.3 Å². The number of hydrogen-bond acceptors (Lipinski definition) is 5. The van der Waals surface area contributed by atoms with E-state index in [0.29, 0.717) is 22.5 Å². The Balaban J connectivity index is 1.81. The summed E-state index contributed by atoms with van der Waals surface area (Å²) in [6, 6.07) is 9.94. The number of fused-ring (bicyclic) bond motifs is 1. The summed E-state index contributed by atoms with van der Waals surface area (Å²) < 4.78 is 4.79. The molecule has 134 valence electrons. The highest BCUT2D eigenvalue weighted by Crippen LogP contribution is 2.25. The standard InChI is InChI=1S/C20H20N2O3S/c1-11-9-17(22-15-8-6-5-7-14(11)15)26-10-16(23)19-12(2)18(13(3)21-19)20(24)25-4/h5-9,21H,10H2,1-4H3. The Labute approximate surface area is 156 Å². The number of hydrogen-bond donors (Lipinski definition) is 1. The van der Waals surface area contributed by atoms with E-state index < -0.39 is 5.97 Å². The zero-order valence-corrected chi connectivity index (χ0v) is 16.0. The van der Waals surface area contributed by atoms with Crippen molar-refractivity contribution in [1.82, 2.24) is 9.97 Å². The normalized spacial score (nSPS) is 10.9. The topological polar surface area (TPSA) is 72.1 Å². The molecular weight excluding hydrogens is 348 g/mol. The lowest BCUT2D eigenvalue weighted by Crippen LogP contribution is -2.07. The van der Waals surface area contributed by atoms with Gasteiger partial charge < -0.3 is 9.72 Å². The Morgan fingerprint density at radius 1 is 1.19 bits per heavy atom. The number of ketones is 1. The maximum Gasteiger partial charge on any atom is 0.339 e. The minimum absolute atomic E-state index is 0.0710. The molecule has 0 radical (unpaired) electrons. The number of rotatable bonds is 5. The maximum absolute atomic E-state index is 12.6.